The number of aromatic nitrogens is 2. The van der Waals surface area contributed by atoms with E-state index in [0.717, 1.165) is 29.1 Å². The Balaban J connectivity index is 1.60. The minimum absolute atomic E-state index is 0.144. The Bertz CT molecular complexity index is 1230. The first kappa shape index (κ1) is 22.6. The molecule has 2 aromatic heterocycles. The van der Waals surface area contributed by atoms with E-state index in [1.807, 2.05) is 65.2 Å². The van der Waals surface area contributed by atoms with Crippen LogP contribution in [0.2, 0.25) is 0 Å². The van der Waals surface area contributed by atoms with Crippen molar-refractivity contribution in [3.8, 4) is 0 Å². The van der Waals surface area contributed by atoms with Crippen LogP contribution in [0.1, 0.15) is 46.6 Å². The molecule has 0 atom stereocenters. The van der Waals surface area contributed by atoms with Crippen molar-refractivity contribution in [2.75, 3.05) is 5.32 Å². The molecule has 0 radical (unpaired) electrons. The van der Waals surface area contributed by atoms with Gasteiger partial charge in [0, 0.05) is 25.8 Å². The fourth-order valence-corrected chi connectivity index (χ4v) is 3.93. The first-order valence-electron chi connectivity index (χ1n) is 11.4. The van der Waals surface area contributed by atoms with Gasteiger partial charge in [-0.3, -0.25) is 9.20 Å². The van der Waals surface area contributed by atoms with Crippen molar-refractivity contribution < 1.29 is 4.79 Å². The number of imidazole rings is 1. The Hall–Kier alpha value is -3.64. The van der Waals surface area contributed by atoms with Crippen LogP contribution in [0, 0.1) is 5.92 Å². The number of benzene rings is 2. The van der Waals surface area contributed by atoms with Crippen molar-refractivity contribution in [3.05, 3.63) is 101 Å². The third kappa shape index (κ3) is 5.41. The van der Waals surface area contributed by atoms with Gasteiger partial charge in [-0.2, -0.15) is 0 Å². The van der Waals surface area contributed by atoms with E-state index in [9.17, 15) is 4.79 Å². The quantitative estimate of drug-likeness (QED) is 0.356. The van der Waals surface area contributed by atoms with Gasteiger partial charge in [0.15, 0.2) is 5.65 Å². The zero-order valence-corrected chi connectivity index (χ0v) is 19.2. The van der Waals surface area contributed by atoms with E-state index >= 15 is 0 Å². The lowest BCUT2D eigenvalue weighted by Gasteiger charge is -2.11. The van der Waals surface area contributed by atoms with Crippen molar-refractivity contribution in [3.63, 3.8) is 0 Å². The summed E-state index contributed by atoms with van der Waals surface area (Å²) in [6, 6.07) is 21.9. The van der Waals surface area contributed by atoms with Crippen molar-refractivity contribution in [2.45, 2.75) is 39.9 Å². The minimum Gasteiger partial charge on any atom is -0.366 e. The van der Waals surface area contributed by atoms with Crippen LogP contribution in [0.3, 0.4) is 0 Å². The highest BCUT2D eigenvalue weighted by molar-refractivity contribution is 6.00. The van der Waals surface area contributed by atoms with Crippen LogP contribution in [-0.4, -0.2) is 15.3 Å². The predicted octanol–water partition coefficient (Wildman–Crippen LogP) is 4.53. The summed E-state index contributed by atoms with van der Waals surface area (Å²) in [5.74, 6) is 1.24. The number of hydrogen-bond donors (Lipinski definition) is 3. The third-order valence-electron chi connectivity index (χ3n) is 5.55. The molecule has 1 amide bonds. The highest BCUT2D eigenvalue weighted by Crippen LogP contribution is 2.24. The molecule has 4 N–H and O–H groups in total. The molecule has 0 fully saturated rings. The van der Waals surface area contributed by atoms with E-state index in [1.54, 1.807) is 0 Å². The topological polar surface area (TPSA) is 84.5 Å². The molecule has 0 spiro atoms. The number of amides is 1. The maximum atomic E-state index is 13.1. The summed E-state index contributed by atoms with van der Waals surface area (Å²) in [6.07, 6.45) is 2.78. The number of fused-ring (bicyclic) bond motifs is 1. The Morgan fingerprint density at radius 3 is 2.48 bits per heavy atom. The SMILES string of the molecule is CC(C)Cc1nc2c(C(=O)NCc3cccc(CN)c3)cccn2c1NCc1ccccc1. The third-order valence-corrected chi connectivity index (χ3v) is 5.55. The molecule has 0 aliphatic heterocycles. The van der Waals surface area contributed by atoms with E-state index in [1.165, 1.54) is 5.56 Å². The van der Waals surface area contributed by atoms with Crippen LogP contribution in [0.5, 0.6) is 0 Å². The highest BCUT2D eigenvalue weighted by atomic mass is 16.1. The Kier molecular flexibility index (Phi) is 7.05. The fraction of sp³-hybridized carbons (Fsp3) is 0.259. The highest BCUT2D eigenvalue weighted by Gasteiger charge is 2.19. The molecule has 4 aromatic rings. The summed E-state index contributed by atoms with van der Waals surface area (Å²) in [5.41, 5.74) is 11.2. The molecule has 0 aliphatic carbocycles. The molecule has 2 aromatic carbocycles. The molecule has 0 unspecified atom stereocenters. The van der Waals surface area contributed by atoms with Crippen LogP contribution in [0.25, 0.3) is 5.65 Å². The number of carbonyl (C=O) groups excluding carboxylic acids is 1. The number of rotatable bonds is 9. The van der Waals surface area contributed by atoms with Gasteiger partial charge in [0.05, 0.1) is 11.3 Å². The molecule has 0 aliphatic rings. The fourth-order valence-electron chi connectivity index (χ4n) is 3.93. The smallest absolute Gasteiger partial charge is 0.255 e. The van der Waals surface area contributed by atoms with Crippen LogP contribution in [-0.2, 0) is 26.1 Å². The minimum atomic E-state index is -0.144. The van der Waals surface area contributed by atoms with Crippen molar-refractivity contribution in [2.24, 2.45) is 11.7 Å². The summed E-state index contributed by atoms with van der Waals surface area (Å²) < 4.78 is 1.99. The van der Waals surface area contributed by atoms with E-state index in [2.05, 4.69) is 36.6 Å². The van der Waals surface area contributed by atoms with Gasteiger partial charge in [0.1, 0.15) is 5.82 Å². The molecule has 33 heavy (non-hydrogen) atoms. The average molecular weight is 442 g/mol. The maximum absolute atomic E-state index is 13.1. The number of nitrogens with two attached hydrogens (primary N) is 1. The lowest BCUT2D eigenvalue weighted by atomic mass is 10.1. The number of carbonyl (C=O) groups is 1. The van der Waals surface area contributed by atoms with Gasteiger partial charge in [-0.15, -0.1) is 0 Å². The second kappa shape index (κ2) is 10.3. The van der Waals surface area contributed by atoms with Gasteiger partial charge in [0.2, 0.25) is 0 Å². The van der Waals surface area contributed by atoms with Gasteiger partial charge in [-0.05, 0) is 41.2 Å². The van der Waals surface area contributed by atoms with E-state index < -0.39 is 0 Å². The standard InChI is InChI=1S/C27H31N5O/c1-19(2)14-24-26(29-17-20-8-4-3-5-9-20)32-13-7-12-23(25(32)31-24)27(33)30-18-22-11-6-10-21(15-22)16-28/h3-13,15,19,29H,14,16-18,28H2,1-2H3,(H,30,33). The molecule has 0 saturated heterocycles. The summed E-state index contributed by atoms with van der Waals surface area (Å²) >= 11 is 0. The van der Waals surface area contributed by atoms with Gasteiger partial charge < -0.3 is 16.4 Å². The van der Waals surface area contributed by atoms with Crippen LogP contribution < -0.4 is 16.4 Å². The molecule has 0 saturated carbocycles. The van der Waals surface area contributed by atoms with Gasteiger partial charge in [-0.25, -0.2) is 4.98 Å². The van der Waals surface area contributed by atoms with Crippen LogP contribution in [0.4, 0.5) is 5.82 Å². The van der Waals surface area contributed by atoms with Gasteiger partial charge in [0.25, 0.3) is 5.91 Å². The number of nitrogens with one attached hydrogen (secondary N) is 2. The van der Waals surface area contributed by atoms with E-state index in [4.69, 9.17) is 10.7 Å². The van der Waals surface area contributed by atoms with Crippen molar-refractivity contribution in [1.82, 2.24) is 14.7 Å². The molecule has 6 nitrogen and oxygen atoms in total. The first-order valence-corrected chi connectivity index (χ1v) is 11.4. The molecule has 6 heteroatoms. The summed E-state index contributed by atoms with van der Waals surface area (Å²) in [4.78, 5) is 18.0. The molecule has 170 valence electrons. The molecule has 2 heterocycles. The van der Waals surface area contributed by atoms with Gasteiger partial charge in [-0.1, -0.05) is 68.4 Å². The average Bonchev–Trinajstić information content (AvgIpc) is 3.18. The molecular formula is C27H31N5O. The largest absolute Gasteiger partial charge is 0.366 e. The van der Waals surface area contributed by atoms with Crippen molar-refractivity contribution in [1.29, 1.82) is 0 Å². The Labute approximate surface area is 194 Å². The Morgan fingerprint density at radius 2 is 1.73 bits per heavy atom. The number of nitrogens with zero attached hydrogens (tertiary/aromatic N) is 2. The van der Waals surface area contributed by atoms with Crippen LogP contribution >= 0.6 is 0 Å². The van der Waals surface area contributed by atoms with Gasteiger partial charge >= 0.3 is 0 Å². The lowest BCUT2D eigenvalue weighted by Crippen LogP contribution is -2.23. The first-order chi connectivity index (χ1) is 16.0. The molecular weight excluding hydrogens is 410 g/mol. The predicted molar refractivity (Wildman–Crippen MR) is 133 cm³/mol. The summed E-state index contributed by atoms with van der Waals surface area (Å²) in [7, 11) is 0. The van der Waals surface area contributed by atoms with Crippen LogP contribution in [0.15, 0.2) is 72.9 Å². The second-order valence-corrected chi connectivity index (χ2v) is 8.67. The van der Waals surface area contributed by atoms with E-state index in [0.29, 0.717) is 36.8 Å². The number of pyridine rings is 1. The summed E-state index contributed by atoms with van der Waals surface area (Å²) in [5, 5.41) is 6.58. The van der Waals surface area contributed by atoms with E-state index in [-0.39, 0.29) is 5.91 Å². The normalized spacial score (nSPS) is 11.2. The number of anilines is 1. The Morgan fingerprint density at radius 1 is 0.970 bits per heavy atom. The summed E-state index contributed by atoms with van der Waals surface area (Å²) in [6.45, 7) is 5.95. The zero-order chi connectivity index (χ0) is 23.2. The maximum Gasteiger partial charge on any atom is 0.255 e. The molecule has 4 rings (SSSR count). The zero-order valence-electron chi connectivity index (χ0n) is 19.2. The molecule has 0 bridgehead atoms. The lowest BCUT2D eigenvalue weighted by molar-refractivity contribution is 0.0952. The monoisotopic (exact) mass is 441 g/mol. The van der Waals surface area contributed by atoms with Crippen molar-refractivity contribution >= 4 is 17.4 Å². The number of hydrogen-bond acceptors (Lipinski definition) is 4. The second-order valence-electron chi connectivity index (χ2n) is 8.67.